The molecule has 0 atom stereocenters. The van der Waals surface area contributed by atoms with E-state index in [9.17, 15) is 4.39 Å². The Morgan fingerprint density at radius 2 is 2.00 bits per heavy atom. The Hall–Kier alpha value is -1.06. The van der Waals surface area contributed by atoms with Crippen LogP contribution in [0.2, 0.25) is 5.02 Å². The summed E-state index contributed by atoms with van der Waals surface area (Å²) in [5.74, 6) is 0.406. The standard InChI is InChI=1S/C14H11BrClFO/c1-9-6-11(3-4-12(9)16)18-14-5-2-10(8-15)7-13(14)17/h2-7H,8H2,1H3. The van der Waals surface area contributed by atoms with Crippen LogP contribution in [-0.4, -0.2) is 0 Å². The number of aryl methyl sites for hydroxylation is 1. The molecule has 0 amide bonds. The molecule has 1 nitrogen and oxygen atoms in total. The van der Waals surface area contributed by atoms with Gasteiger partial charge in [-0.1, -0.05) is 33.6 Å². The van der Waals surface area contributed by atoms with Gasteiger partial charge in [0.25, 0.3) is 0 Å². The minimum atomic E-state index is -0.375. The highest BCUT2D eigenvalue weighted by molar-refractivity contribution is 9.08. The molecule has 0 heterocycles. The number of alkyl halides is 1. The maximum Gasteiger partial charge on any atom is 0.166 e. The second-order valence-corrected chi connectivity index (χ2v) is 4.88. The lowest BCUT2D eigenvalue weighted by atomic mass is 10.2. The highest BCUT2D eigenvalue weighted by Crippen LogP contribution is 2.28. The third-order valence-corrected chi connectivity index (χ3v) is 3.58. The van der Waals surface area contributed by atoms with Gasteiger partial charge < -0.3 is 4.74 Å². The SMILES string of the molecule is Cc1cc(Oc2ccc(CBr)cc2F)ccc1Cl. The predicted molar refractivity (Wildman–Crippen MR) is 75.3 cm³/mol. The number of hydrogen-bond acceptors (Lipinski definition) is 1. The monoisotopic (exact) mass is 328 g/mol. The molecule has 0 fully saturated rings. The van der Waals surface area contributed by atoms with Gasteiger partial charge in [-0.15, -0.1) is 0 Å². The predicted octanol–water partition coefficient (Wildman–Crippen LogP) is 5.47. The average molecular weight is 330 g/mol. The molecule has 0 radical (unpaired) electrons. The lowest BCUT2D eigenvalue weighted by Gasteiger charge is -2.09. The highest BCUT2D eigenvalue weighted by atomic mass is 79.9. The summed E-state index contributed by atoms with van der Waals surface area (Å²) >= 11 is 9.20. The first-order valence-corrected chi connectivity index (χ1v) is 6.88. The van der Waals surface area contributed by atoms with Gasteiger partial charge in [0.15, 0.2) is 11.6 Å². The molecule has 4 heteroatoms. The van der Waals surface area contributed by atoms with E-state index in [2.05, 4.69) is 15.9 Å². The normalized spacial score (nSPS) is 10.4. The lowest BCUT2D eigenvalue weighted by molar-refractivity contribution is 0.441. The first-order chi connectivity index (χ1) is 8.60. The van der Waals surface area contributed by atoms with E-state index >= 15 is 0 Å². The van der Waals surface area contributed by atoms with E-state index in [-0.39, 0.29) is 11.6 Å². The number of ether oxygens (including phenoxy) is 1. The van der Waals surface area contributed by atoms with Crippen molar-refractivity contribution in [3.63, 3.8) is 0 Å². The molecular weight excluding hydrogens is 319 g/mol. The van der Waals surface area contributed by atoms with Crippen molar-refractivity contribution in [3.05, 3.63) is 58.4 Å². The number of halogens is 3. The van der Waals surface area contributed by atoms with E-state index in [0.29, 0.717) is 16.1 Å². The average Bonchev–Trinajstić information content (AvgIpc) is 2.36. The molecule has 0 N–H and O–H groups in total. The van der Waals surface area contributed by atoms with E-state index in [1.54, 1.807) is 24.3 Å². The summed E-state index contributed by atoms with van der Waals surface area (Å²) in [6.07, 6.45) is 0. The van der Waals surface area contributed by atoms with Gasteiger partial charge in [-0.3, -0.25) is 0 Å². The summed E-state index contributed by atoms with van der Waals surface area (Å²) in [5, 5.41) is 1.28. The summed E-state index contributed by atoms with van der Waals surface area (Å²) in [6, 6.07) is 10.1. The number of rotatable bonds is 3. The summed E-state index contributed by atoms with van der Waals surface area (Å²) < 4.78 is 19.2. The van der Waals surface area contributed by atoms with Crippen LogP contribution in [0, 0.1) is 12.7 Å². The molecular formula is C14H11BrClFO. The Bertz CT molecular complexity index is 572. The van der Waals surface area contributed by atoms with Gasteiger partial charge in [0, 0.05) is 10.4 Å². The quantitative estimate of drug-likeness (QED) is 0.678. The third kappa shape index (κ3) is 3.03. The van der Waals surface area contributed by atoms with Gasteiger partial charge >= 0.3 is 0 Å². The van der Waals surface area contributed by atoms with Gasteiger partial charge in [0.2, 0.25) is 0 Å². The Balaban J connectivity index is 2.25. The van der Waals surface area contributed by atoms with Crippen LogP contribution in [0.25, 0.3) is 0 Å². The fraction of sp³-hybridized carbons (Fsp3) is 0.143. The van der Waals surface area contributed by atoms with Crippen LogP contribution >= 0.6 is 27.5 Å². The van der Waals surface area contributed by atoms with Crippen molar-refractivity contribution in [2.24, 2.45) is 0 Å². The summed E-state index contributed by atoms with van der Waals surface area (Å²) in [6.45, 7) is 1.87. The lowest BCUT2D eigenvalue weighted by Crippen LogP contribution is -1.90. The zero-order valence-electron chi connectivity index (χ0n) is 9.71. The number of benzene rings is 2. The van der Waals surface area contributed by atoms with Crippen LogP contribution in [0.4, 0.5) is 4.39 Å². The van der Waals surface area contributed by atoms with Gasteiger partial charge in [-0.2, -0.15) is 0 Å². The van der Waals surface area contributed by atoms with Crippen LogP contribution in [-0.2, 0) is 5.33 Å². The molecule has 2 aromatic rings. The molecule has 0 aliphatic heterocycles. The van der Waals surface area contributed by atoms with Crippen molar-refractivity contribution in [3.8, 4) is 11.5 Å². The fourth-order valence-electron chi connectivity index (χ4n) is 1.52. The molecule has 0 saturated carbocycles. The molecule has 0 bridgehead atoms. The Kier molecular flexibility index (Phi) is 4.25. The molecule has 0 unspecified atom stereocenters. The summed E-state index contributed by atoms with van der Waals surface area (Å²) in [5.41, 5.74) is 1.76. The zero-order chi connectivity index (χ0) is 13.1. The smallest absolute Gasteiger partial charge is 0.166 e. The maximum atomic E-state index is 13.7. The Morgan fingerprint density at radius 3 is 2.61 bits per heavy atom. The minimum Gasteiger partial charge on any atom is -0.454 e. The van der Waals surface area contributed by atoms with Gasteiger partial charge in [-0.25, -0.2) is 4.39 Å². The van der Waals surface area contributed by atoms with Gasteiger partial charge in [-0.05, 0) is 48.4 Å². The zero-order valence-corrected chi connectivity index (χ0v) is 12.1. The molecule has 0 aromatic heterocycles. The van der Waals surface area contributed by atoms with Crippen LogP contribution in [0.15, 0.2) is 36.4 Å². The molecule has 0 aliphatic rings. The van der Waals surface area contributed by atoms with Crippen LogP contribution in [0.5, 0.6) is 11.5 Å². The maximum absolute atomic E-state index is 13.7. The van der Waals surface area contributed by atoms with E-state index in [1.165, 1.54) is 6.07 Å². The summed E-state index contributed by atoms with van der Waals surface area (Å²) in [7, 11) is 0. The second-order valence-electron chi connectivity index (χ2n) is 3.91. The van der Waals surface area contributed by atoms with Crippen molar-refractivity contribution in [1.82, 2.24) is 0 Å². The molecule has 0 saturated heterocycles. The van der Waals surface area contributed by atoms with Crippen LogP contribution < -0.4 is 4.74 Å². The Labute approximate surface area is 119 Å². The van der Waals surface area contributed by atoms with Crippen LogP contribution in [0.3, 0.4) is 0 Å². The van der Waals surface area contributed by atoms with Crippen molar-refractivity contribution in [2.75, 3.05) is 0 Å². The fourth-order valence-corrected chi connectivity index (χ4v) is 1.98. The highest BCUT2D eigenvalue weighted by Gasteiger charge is 2.06. The van der Waals surface area contributed by atoms with Gasteiger partial charge in [0.05, 0.1) is 0 Å². The molecule has 94 valence electrons. The van der Waals surface area contributed by atoms with E-state index in [0.717, 1.165) is 11.1 Å². The summed E-state index contributed by atoms with van der Waals surface area (Å²) in [4.78, 5) is 0. The minimum absolute atomic E-state index is 0.210. The largest absolute Gasteiger partial charge is 0.454 e. The molecule has 0 aliphatic carbocycles. The van der Waals surface area contributed by atoms with E-state index in [4.69, 9.17) is 16.3 Å². The topological polar surface area (TPSA) is 9.23 Å². The van der Waals surface area contributed by atoms with Crippen molar-refractivity contribution < 1.29 is 9.13 Å². The first kappa shape index (κ1) is 13.4. The molecule has 2 aromatic carbocycles. The van der Waals surface area contributed by atoms with E-state index in [1.807, 2.05) is 13.0 Å². The van der Waals surface area contributed by atoms with Crippen LogP contribution in [0.1, 0.15) is 11.1 Å². The number of hydrogen-bond donors (Lipinski definition) is 0. The molecule has 18 heavy (non-hydrogen) atoms. The first-order valence-electron chi connectivity index (χ1n) is 5.38. The van der Waals surface area contributed by atoms with Crippen molar-refractivity contribution in [2.45, 2.75) is 12.3 Å². The molecule has 0 spiro atoms. The third-order valence-electron chi connectivity index (χ3n) is 2.51. The van der Waals surface area contributed by atoms with Crippen molar-refractivity contribution >= 4 is 27.5 Å². The van der Waals surface area contributed by atoms with Gasteiger partial charge in [0.1, 0.15) is 5.75 Å². The van der Waals surface area contributed by atoms with Crippen molar-refractivity contribution in [1.29, 1.82) is 0 Å². The van der Waals surface area contributed by atoms with E-state index < -0.39 is 0 Å². The molecule has 2 rings (SSSR count). The second kappa shape index (κ2) is 5.72. The Morgan fingerprint density at radius 1 is 1.22 bits per heavy atom.